The highest BCUT2D eigenvalue weighted by atomic mass is 16.5. The van der Waals surface area contributed by atoms with Gasteiger partial charge in [0.15, 0.2) is 0 Å². The van der Waals surface area contributed by atoms with Crippen LogP contribution in [0.4, 0.5) is 0 Å². The number of benzene rings is 2. The highest BCUT2D eigenvalue weighted by Gasteiger charge is 2.48. The molecule has 33 heavy (non-hydrogen) atoms. The number of aliphatic imine (C=N–C) groups is 1. The average Bonchev–Trinajstić information content (AvgIpc) is 3.10. The second-order valence-electron chi connectivity index (χ2n) is 9.12. The second kappa shape index (κ2) is 10.2. The molecule has 6 heteroatoms. The number of aryl methyl sites for hydroxylation is 1. The van der Waals surface area contributed by atoms with Crippen LogP contribution in [0.3, 0.4) is 0 Å². The van der Waals surface area contributed by atoms with E-state index >= 15 is 0 Å². The minimum absolute atomic E-state index is 0.0275. The van der Waals surface area contributed by atoms with Crippen molar-refractivity contribution in [3.63, 3.8) is 0 Å². The van der Waals surface area contributed by atoms with E-state index < -0.39 is 5.66 Å². The molecule has 1 saturated carbocycles. The molecule has 1 fully saturated rings. The molecule has 0 radical (unpaired) electrons. The van der Waals surface area contributed by atoms with Crippen molar-refractivity contribution in [2.45, 2.75) is 63.6 Å². The van der Waals surface area contributed by atoms with Crippen molar-refractivity contribution in [2.75, 3.05) is 13.7 Å². The maximum absolute atomic E-state index is 13.4. The molecular formula is C27H33N3O3. The van der Waals surface area contributed by atoms with Gasteiger partial charge in [-0.1, -0.05) is 36.8 Å². The molecule has 1 atom stereocenters. The lowest BCUT2D eigenvalue weighted by Crippen LogP contribution is -2.52. The van der Waals surface area contributed by atoms with Gasteiger partial charge in [0.25, 0.3) is 5.91 Å². The second-order valence-corrected chi connectivity index (χ2v) is 9.12. The number of carbonyl (C=O) groups is 2. The largest absolute Gasteiger partial charge is 0.497 e. The lowest BCUT2D eigenvalue weighted by Gasteiger charge is -2.39. The molecule has 2 aliphatic rings. The molecule has 0 aromatic heterocycles. The smallest absolute Gasteiger partial charge is 0.275 e. The van der Waals surface area contributed by atoms with Crippen LogP contribution in [-0.4, -0.2) is 47.8 Å². The fraction of sp³-hybridized carbons (Fsp3) is 0.444. The van der Waals surface area contributed by atoms with E-state index in [1.807, 2.05) is 49.4 Å². The van der Waals surface area contributed by atoms with E-state index in [1.54, 1.807) is 12.0 Å². The van der Waals surface area contributed by atoms with Gasteiger partial charge >= 0.3 is 0 Å². The summed E-state index contributed by atoms with van der Waals surface area (Å²) in [5.74, 6) is 0.451. The standard InChI is InChI=1S/C27H33N3O3/c1-20(11-12-21-9-5-3-6-10-21)28-24(31)19-30-26(32)25(22-13-15-23(33-2)16-14-22)29-27(30)17-7-4-8-18-27/h3,5-6,9-10,13-16,20H,4,7-8,11-12,17-19H2,1-2H3,(H,28,31)/t20-/m1/s1. The summed E-state index contributed by atoms with van der Waals surface area (Å²) >= 11 is 0. The van der Waals surface area contributed by atoms with Gasteiger partial charge in [-0.3, -0.25) is 14.6 Å². The molecule has 0 unspecified atom stereocenters. The summed E-state index contributed by atoms with van der Waals surface area (Å²) in [4.78, 5) is 33.1. The van der Waals surface area contributed by atoms with Gasteiger partial charge in [-0.25, -0.2) is 0 Å². The number of carbonyl (C=O) groups excluding carboxylic acids is 2. The minimum Gasteiger partial charge on any atom is -0.497 e. The predicted molar refractivity (Wildman–Crippen MR) is 129 cm³/mol. The van der Waals surface area contributed by atoms with Gasteiger partial charge in [0.2, 0.25) is 5.91 Å². The van der Waals surface area contributed by atoms with Crippen molar-refractivity contribution < 1.29 is 14.3 Å². The van der Waals surface area contributed by atoms with Gasteiger partial charge in [-0.15, -0.1) is 0 Å². The SMILES string of the molecule is COc1ccc(C2=NC3(CCCCC3)N(CC(=O)N[C@H](C)CCc3ccccc3)C2=O)cc1. The predicted octanol–water partition coefficient (Wildman–Crippen LogP) is 4.12. The number of amides is 2. The summed E-state index contributed by atoms with van der Waals surface area (Å²) in [5.41, 5.74) is 1.87. The maximum atomic E-state index is 13.4. The number of ether oxygens (including phenoxy) is 1. The van der Waals surface area contributed by atoms with Crippen LogP contribution >= 0.6 is 0 Å². The summed E-state index contributed by atoms with van der Waals surface area (Å²) in [7, 11) is 1.62. The van der Waals surface area contributed by atoms with Gasteiger partial charge < -0.3 is 15.0 Å². The molecule has 0 saturated heterocycles. The van der Waals surface area contributed by atoms with Crippen LogP contribution in [0.2, 0.25) is 0 Å². The van der Waals surface area contributed by atoms with Gasteiger partial charge in [-0.05, 0) is 75.3 Å². The van der Waals surface area contributed by atoms with Crippen LogP contribution in [0.15, 0.2) is 59.6 Å². The molecule has 1 heterocycles. The van der Waals surface area contributed by atoms with E-state index in [0.29, 0.717) is 5.71 Å². The van der Waals surface area contributed by atoms with Crippen molar-refractivity contribution in [1.82, 2.24) is 10.2 Å². The van der Waals surface area contributed by atoms with Crippen LogP contribution in [-0.2, 0) is 16.0 Å². The zero-order chi connectivity index (χ0) is 23.3. The molecule has 0 bridgehead atoms. The lowest BCUT2D eigenvalue weighted by molar-refractivity contribution is -0.136. The van der Waals surface area contributed by atoms with Crippen molar-refractivity contribution in [3.8, 4) is 5.75 Å². The average molecular weight is 448 g/mol. The summed E-state index contributed by atoms with van der Waals surface area (Å²) in [5, 5.41) is 3.09. The van der Waals surface area contributed by atoms with Crippen LogP contribution in [0.25, 0.3) is 0 Å². The molecule has 2 aromatic carbocycles. The fourth-order valence-corrected chi connectivity index (χ4v) is 4.85. The Morgan fingerprint density at radius 3 is 2.45 bits per heavy atom. The van der Waals surface area contributed by atoms with E-state index in [1.165, 1.54) is 5.56 Å². The number of rotatable bonds is 8. The first kappa shape index (κ1) is 23.0. The molecule has 1 aliphatic heterocycles. The number of methoxy groups -OCH3 is 1. The molecule has 174 valence electrons. The fourth-order valence-electron chi connectivity index (χ4n) is 4.85. The van der Waals surface area contributed by atoms with Crippen LogP contribution in [0.1, 0.15) is 56.6 Å². The minimum atomic E-state index is -0.602. The van der Waals surface area contributed by atoms with Crippen molar-refractivity contribution in [2.24, 2.45) is 4.99 Å². The highest BCUT2D eigenvalue weighted by molar-refractivity contribution is 6.47. The van der Waals surface area contributed by atoms with Crippen LogP contribution in [0, 0.1) is 0 Å². The molecule has 4 rings (SSSR count). The third kappa shape index (κ3) is 5.27. The Bertz CT molecular complexity index is 995. The van der Waals surface area contributed by atoms with E-state index in [9.17, 15) is 9.59 Å². The van der Waals surface area contributed by atoms with Crippen LogP contribution < -0.4 is 10.1 Å². The Morgan fingerprint density at radius 2 is 1.79 bits per heavy atom. The number of nitrogens with zero attached hydrogens (tertiary/aromatic N) is 2. The normalized spacial score (nSPS) is 18.2. The van der Waals surface area contributed by atoms with Gasteiger partial charge in [0.1, 0.15) is 23.7 Å². The highest BCUT2D eigenvalue weighted by Crippen LogP contribution is 2.39. The first-order chi connectivity index (χ1) is 16.0. The quantitative estimate of drug-likeness (QED) is 0.662. The van der Waals surface area contributed by atoms with Crippen molar-refractivity contribution >= 4 is 17.5 Å². The van der Waals surface area contributed by atoms with Gasteiger partial charge in [0.05, 0.1) is 7.11 Å². The van der Waals surface area contributed by atoms with Gasteiger partial charge in [0, 0.05) is 11.6 Å². The Morgan fingerprint density at radius 1 is 1.09 bits per heavy atom. The first-order valence-corrected chi connectivity index (χ1v) is 11.9. The lowest BCUT2D eigenvalue weighted by atomic mass is 9.88. The number of nitrogens with one attached hydrogen (secondary N) is 1. The Kier molecular flexibility index (Phi) is 7.11. The van der Waals surface area contributed by atoms with Crippen molar-refractivity contribution in [1.29, 1.82) is 0 Å². The Hall–Kier alpha value is -3.15. The zero-order valence-electron chi connectivity index (χ0n) is 19.5. The summed E-state index contributed by atoms with van der Waals surface area (Å²) in [6.07, 6.45) is 6.52. The molecule has 2 amide bonds. The Labute approximate surface area is 196 Å². The molecule has 1 aliphatic carbocycles. The molecule has 1 spiro atoms. The van der Waals surface area contributed by atoms with Crippen molar-refractivity contribution in [3.05, 3.63) is 65.7 Å². The summed E-state index contributed by atoms with van der Waals surface area (Å²) in [6.45, 7) is 2.06. The van der Waals surface area contributed by atoms with Crippen LogP contribution in [0.5, 0.6) is 5.75 Å². The van der Waals surface area contributed by atoms with E-state index in [2.05, 4.69) is 17.4 Å². The monoisotopic (exact) mass is 447 g/mol. The zero-order valence-corrected chi connectivity index (χ0v) is 19.5. The topological polar surface area (TPSA) is 71.0 Å². The molecule has 6 nitrogen and oxygen atoms in total. The third-order valence-corrected chi connectivity index (χ3v) is 6.71. The van der Waals surface area contributed by atoms with E-state index in [4.69, 9.17) is 9.73 Å². The number of hydrogen-bond donors (Lipinski definition) is 1. The Balaban J connectivity index is 1.44. The molecule has 1 N–H and O–H groups in total. The summed E-state index contributed by atoms with van der Waals surface area (Å²) in [6, 6.07) is 17.7. The van der Waals surface area contributed by atoms with E-state index in [-0.39, 0.29) is 24.4 Å². The van der Waals surface area contributed by atoms with E-state index in [0.717, 1.165) is 56.3 Å². The molecule has 2 aromatic rings. The summed E-state index contributed by atoms with van der Waals surface area (Å²) < 4.78 is 5.24. The van der Waals surface area contributed by atoms with Gasteiger partial charge in [-0.2, -0.15) is 0 Å². The third-order valence-electron chi connectivity index (χ3n) is 6.71. The first-order valence-electron chi connectivity index (χ1n) is 11.9. The molecular weight excluding hydrogens is 414 g/mol. The number of hydrogen-bond acceptors (Lipinski definition) is 4. The maximum Gasteiger partial charge on any atom is 0.275 e.